The van der Waals surface area contributed by atoms with Crippen LogP contribution in [0.3, 0.4) is 0 Å². The monoisotopic (exact) mass is 284 g/mol. The van der Waals surface area contributed by atoms with Crippen LogP contribution in [0.15, 0.2) is 10.1 Å². The predicted octanol–water partition coefficient (Wildman–Crippen LogP) is 0.818. The van der Waals surface area contributed by atoms with Gasteiger partial charge in [0.25, 0.3) is 0 Å². The van der Waals surface area contributed by atoms with Gasteiger partial charge in [-0.2, -0.15) is 5.10 Å². The fraction of sp³-hybridized carbons (Fsp3) is 0.750. The van der Waals surface area contributed by atoms with E-state index in [1.807, 2.05) is 27.7 Å². The van der Waals surface area contributed by atoms with E-state index in [0.717, 1.165) is 10.8 Å². The number of rotatable bonds is 3. The zero-order valence-corrected chi connectivity index (χ0v) is 12.5. The molecule has 0 saturated heterocycles. The van der Waals surface area contributed by atoms with Crippen LogP contribution >= 0.6 is 11.8 Å². The average Bonchev–Trinajstić information content (AvgIpc) is 2.75. The van der Waals surface area contributed by atoms with Crippen molar-refractivity contribution in [2.45, 2.75) is 44.7 Å². The standard InChI is InChI=1S/C12H20N4O2S/c1-7-14-10-8(5-13)15-16(11(10)19-7)6-9(17)18-12(2,3)4/h10-11H,5-6,13H2,1-4H3. The van der Waals surface area contributed by atoms with Gasteiger partial charge in [-0.3, -0.25) is 14.8 Å². The van der Waals surface area contributed by atoms with Crippen molar-refractivity contribution in [3.05, 3.63) is 0 Å². The molecule has 2 N–H and O–H groups in total. The summed E-state index contributed by atoms with van der Waals surface area (Å²) in [6.45, 7) is 8.02. The largest absolute Gasteiger partial charge is 0.459 e. The predicted molar refractivity (Wildman–Crippen MR) is 77.3 cm³/mol. The van der Waals surface area contributed by atoms with E-state index in [0.29, 0.717) is 6.54 Å². The minimum absolute atomic E-state index is 0.0163. The van der Waals surface area contributed by atoms with E-state index >= 15 is 0 Å². The number of fused-ring (bicyclic) bond motifs is 1. The quantitative estimate of drug-likeness (QED) is 0.776. The molecule has 0 aromatic rings. The van der Waals surface area contributed by atoms with Crippen LogP contribution in [-0.2, 0) is 9.53 Å². The summed E-state index contributed by atoms with van der Waals surface area (Å²) in [5, 5.41) is 7.19. The SMILES string of the molecule is CC1=NC2C(CN)=NN(CC(=O)OC(C)(C)C)C2S1. The van der Waals surface area contributed by atoms with Crippen LogP contribution in [0.4, 0.5) is 0 Å². The third-order valence-corrected chi connectivity index (χ3v) is 3.88. The van der Waals surface area contributed by atoms with Gasteiger partial charge < -0.3 is 10.5 Å². The number of carbonyl (C=O) groups is 1. The molecule has 2 unspecified atom stereocenters. The van der Waals surface area contributed by atoms with Gasteiger partial charge in [-0.15, -0.1) is 0 Å². The number of nitrogens with two attached hydrogens (primary N) is 1. The van der Waals surface area contributed by atoms with Crippen LogP contribution in [0.25, 0.3) is 0 Å². The Morgan fingerprint density at radius 1 is 1.53 bits per heavy atom. The molecular formula is C12H20N4O2S. The van der Waals surface area contributed by atoms with Gasteiger partial charge >= 0.3 is 5.97 Å². The molecule has 0 bridgehead atoms. The van der Waals surface area contributed by atoms with Crippen molar-refractivity contribution < 1.29 is 9.53 Å². The number of ether oxygens (including phenoxy) is 1. The zero-order chi connectivity index (χ0) is 14.2. The molecule has 0 amide bonds. The molecule has 106 valence electrons. The van der Waals surface area contributed by atoms with Crippen LogP contribution in [0.1, 0.15) is 27.7 Å². The summed E-state index contributed by atoms with van der Waals surface area (Å²) in [6.07, 6.45) is 0. The Hall–Kier alpha value is -1.08. The molecule has 7 heteroatoms. The normalized spacial score (nSPS) is 26.1. The Labute approximate surface area is 117 Å². The van der Waals surface area contributed by atoms with E-state index in [1.54, 1.807) is 16.8 Å². The molecule has 0 saturated carbocycles. The maximum Gasteiger partial charge on any atom is 0.327 e. The summed E-state index contributed by atoms with van der Waals surface area (Å²) < 4.78 is 5.32. The molecule has 0 fully saturated rings. The van der Waals surface area contributed by atoms with Crippen molar-refractivity contribution in [2.24, 2.45) is 15.8 Å². The number of hydrazone groups is 1. The highest BCUT2D eigenvalue weighted by Crippen LogP contribution is 2.34. The van der Waals surface area contributed by atoms with Gasteiger partial charge in [-0.05, 0) is 27.7 Å². The van der Waals surface area contributed by atoms with Gasteiger partial charge in [0.15, 0.2) is 0 Å². The second-order valence-electron chi connectivity index (χ2n) is 5.58. The van der Waals surface area contributed by atoms with Crippen molar-refractivity contribution in [1.29, 1.82) is 0 Å². The summed E-state index contributed by atoms with van der Waals surface area (Å²) in [7, 11) is 0. The molecule has 6 nitrogen and oxygen atoms in total. The molecule has 2 heterocycles. The van der Waals surface area contributed by atoms with Crippen LogP contribution in [-0.4, -0.2) is 51.8 Å². The Morgan fingerprint density at radius 2 is 2.21 bits per heavy atom. The van der Waals surface area contributed by atoms with Crippen molar-refractivity contribution in [2.75, 3.05) is 13.1 Å². The fourth-order valence-electron chi connectivity index (χ4n) is 2.07. The van der Waals surface area contributed by atoms with Crippen molar-refractivity contribution in [1.82, 2.24) is 5.01 Å². The lowest BCUT2D eigenvalue weighted by Crippen LogP contribution is -2.37. The van der Waals surface area contributed by atoms with E-state index in [2.05, 4.69) is 10.1 Å². The molecule has 0 aromatic carbocycles. The number of carbonyl (C=O) groups excluding carboxylic acids is 1. The minimum Gasteiger partial charge on any atom is -0.459 e. The summed E-state index contributed by atoms with van der Waals surface area (Å²) in [5.74, 6) is -0.279. The third kappa shape index (κ3) is 3.27. The summed E-state index contributed by atoms with van der Waals surface area (Å²) in [6, 6.07) is -0.0163. The number of hydrogen-bond acceptors (Lipinski definition) is 7. The van der Waals surface area contributed by atoms with Gasteiger partial charge in [0.2, 0.25) is 0 Å². The van der Waals surface area contributed by atoms with E-state index in [9.17, 15) is 4.79 Å². The molecule has 2 aliphatic rings. The Kier molecular flexibility index (Phi) is 3.87. The van der Waals surface area contributed by atoms with Gasteiger partial charge in [-0.25, -0.2) is 0 Å². The Morgan fingerprint density at radius 3 is 2.79 bits per heavy atom. The van der Waals surface area contributed by atoms with E-state index in [1.165, 1.54) is 0 Å². The first-order chi connectivity index (χ1) is 8.80. The van der Waals surface area contributed by atoms with Gasteiger partial charge in [-0.1, -0.05) is 11.8 Å². The van der Waals surface area contributed by atoms with Crippen LogP contribution in [0.5, 0.6) is 0 Å². The minimum atomic E-state index is -0.480. The molecule has 2 aliphatic heterocycles. The highest BCUT2D eigenvalue weighted by Gasteiger charge is 2.42. The topological polar surface area (TPSA) is 80.3 Å². The first kappa shape index (κ1) is 14.3. The highest BCUT2D eigenvalue weighted by atomic mass is 32.2. The van der Waals surface area contributed by atoms with E-state index in [-0.39, 0.29) is 23.9 Å². The number of thioether (sulfide) groups is 1. The second kappa shape index (κ2) is 5.13. The number of hydrogen-bond donors (Lipinski definition) is 1. The average molecular weight is 284 g/mol. The number of nitrogens with zero attached hydrogens (tertiary/aromatic N) is 3. The Bertz CT molecular complexity index is 442. The molecule has 2 atom stereocenters. The van der Waals surface area contributed by atoms with Gasteiger partial charge in [0, 0.05) is 6.54 Å². The molecule has 0 spiro atoms. The molecular weight excluding hydrogens is 264 g/mol. The fourth-order valence-corrected chi connectivity index (χ4v) is 3.18. The van der Waals surface area contributed by atoms with Crippen molar-refractivity contribution >= 4 is 28.5 Å². The summed E-state index contributed by atoms with van der Waals surface area (Å²) in [4.78, 5) is 16.4. The smallest absolute Gasteiger partial charge is 0.327 e. The third-order valence-electron chi connectivity index (χ3n) is 2.69. The van der Waals surface area contributed by atoms with E-state index < -0.39 is 5.60 Å². The summed E-state index contributed by atoms with van der Waals surface area (Å²) >= 11 is 1.62. The van der Waals surface area contributed by atoms with Gasteiger partial charge in [0.05, 0.1) is 10.8 Å². The molecule has 0 aromatic heterocycles. The first-order valence-electron chi connectivity index (χ1n) is 6.27. The maximum absolute atomic E-state index is 11.9. The Balaban J connectivity index is 2.02. The second-order valence-corrected chi connectivity index (χ2v) is 6.89. The summed E-state index contributed by atoms with van der Waals surface area (Å²) in [5.41, 5.74) is 6.03. The molecule has 0 radical (unpaired) electrons. The number of esters is 1. The lowest BCUT2D eigenvalue weighted by molar-refractivity contribution is -0.156. The number of aliphatic imine (C=N–C) groups is 1. The molecule has 19 heavy (non-hydrogen) atoms. The highest BCUT2D eigenvalue weighted by molar-refractivity contribution is 8.14. The van der Waals surface area contributed by atoms with Crippen LogP contribution < -0.4 is 5.73 Å². The lowest BCUT2D eigenvalue weighted by atomic mass is 10.2. The molecule has 2 rings (SSSR count). The maximum atomic E-state index is 11.9. The first-order valence-corrected chi connectivity index (χ1v) is 7.15. The van der Waals surface area contributed by atoms with Crippen LogP contribution in [0.2, 0.25) is 0 Å². The molecule has 0 aliphatic carbocycles. The van der Waals surface area contributed by atoms with E-state index in [4.69, 9.17) is 10.5 Å². The van der Waals surface area contributed by atoms with Gasteiger partial charge in [0.1, 0.15) is 23.6 Å². The van der Waals surface area contributed by atoms with Crippen molar-refractivity contribution in [3.8, 4) is 0 Å². The lowest BCUT2D eigenvalue weighted by Gasteiger charge is -2.24. The van der Waals surface area contributed by atoms with Crippen molar-refractivity contribution in [3.63, 3.8) is 0 Å². The van der Waals surface area contributed by atoms with Crippen LogP contribution in [0, 0.1) is 0 Å². The zero-order valence-electron chi connectivity index (χ0n) is 11.7.